The number of quaternary nitrogens is 1. The molecule has 5 nitrogen and oxygen atoms in total. The molecular formula is C17H20N3O2+. The summed E-state index contributed by atoms with van der Waals surface area (Å²) in [6.45, 7) is 4.38. The molecule has 0 saturated carbocycles. The van der Waals surface area contributed by atoms with Crippen LogP contribution < -0.4 is 10.2 Å². The lowest BCUT2D eigenvalue weighted by atomic mass is 10.2. The summed E-state index contributed by atoms with van der Waals surface area (Å²) >= 11 is 0. The number of nitrogens with one attached hydrogen (secondary N) is 2. The average molecular weight is 298 g/mol. The Kier molecular flexibility index (Phi) is 4.97. The van der Waals surface area contributed by atoms with E-state index in [1.165, 1.54) is 0 Å². The van der Waals surface area contributed by atoms with Crippen LogP contribution in [0.15, 0.2) is 40.8 Å². The Morgan fingerprint density at radius 1 is 1.36 bits per heavy atom. The second-order valence-corrected chi connectivity index (χ2v) is 5.40. The van der Waals surface area contributed by atoms with Crippen LogP contribution in [0.2, 0.25) is 0 Å². The van der Waals surface area contributed by atoms with E-state index in [1.54, 1.807) is 24.3 Å². The summed E-state index contributed by atoms with van der Waals surface area (Å²) in [5.74, 6) is 1.60. The van der Waals surface area contributed by atoms with Crippen LogP contribution >= 0.6 is 0 Å². The molecule has 0 radical (unpaired) electrons. The van der Waals surface area contributed by atoms with E-state index in [-0.39, 0.29) is 11.9 Å². The van der Waals surface area contributed by atoms with Gasteiger partial charge in [-0.15, -0.1) is 0 Å². The monoisotopic (exact) mass is 298 g/mol. The van der Waals surface area contributed by atoms with E-state index >= 15 is 0 Å². The number of carbonyl (C=O) groups excluding carboxylic acids is 1. The Bertz CT molecular complexity index is 700. The molecule has 0 aliphatic carbocycles. The van der Waals surface area contributed by atoms with Gasteiger partial charge in [0, 0.05) is 0 Å². The van der Waals surface area contributed by atoms with Crippen LogP contribution in [0.4, 0.5) is 5.69 Å². The van der Waals surface area contributed by atoms with Crippen molar-refractivity contribution in [1.82, 2.24) is 0 Å². The van der Waals surface area contributed by atoms with E-state index in [4.69, 9.17) is 9.68 Å². The highest BCUT2D eigenvalue weighted by Crippen LogP contribution is 2.13. The van der Waals surface area contributed by atoms with Crippen LogP contribution in [0.25, 0.3) is 0 Å². The summed E-state index contributed by atoms with van der Waals surface area (Å²) in [6.07, 6.45) is 0. The van der Waals surface area contributed by atoms with Gasteiger partial charge in [-0.2, -0.15) is 5.26 Å². The van der Waals surface area contributed by atoms with Crippen molar-refractivity contribution in [2.24, 2.45) is 0 Å². The third kappa shape index (κ3) is 3.74. The largest absolute Gasteiger partial charge is 0.460 e. The zero-order valence-corrected chi connectivity index (χ0v) is 13.0. The second-order valence-electron chi connectivity index (χ2n) is 5.40. The minimum atomic E-state index is -0.267. The summed E-state index contributed by atoms with van der Waals surface area (Å²) in [5, 5.41) is 11.9. The van der Waals surface area contributed by atoms with E-state index in [0.717, 1.165) is 16.4 Å². The van der Waals surface area contributed by atoms with Crippen LogP contribution in [0, 0.1) is 18.3 Å². The lowest BCUT2D eigenvalue weighted by Gasteiger charge is -2.20. The van der Waals surface area contributed by atoms with Crippen molar-refractivity contribution in [2.45, 2.75) is 26.4 Å². The number of para-hydroxylation sites is 1. The van der Waals surface area contributed by atoms with Gasteiger partial charge in [0.2, 0.25) is 0 Å². The number of anilines is 1. The molecule has 2 aromatic rings. The van der Waals surface area contributed by atoms with Gasteiger partial charge in [-0.05, 0) is 38.1 Å². The van der Waals surface area contributed by atoms with Crippen LogP contribution in [-0.4, -0.2) is 19.0 Å². The van der Waals surface area contributed by atoms with Crippen molar-refractivity contribution in [2.75, 3.05) is 12.4 Å². The zero-order valence-electron chi connectivity index (χ0n) is 13.0. The number of benzene rings is 1. The molecule has 22 heavy (non-hydrogen) atoms. The van der Waals surface area contributed by atoms with Crippen LogP contribution in [0.5, 0.6) is 0 Å². The first-order valence-electron chi connectivity index (χ1n) is 7.19. The second kappa shape index (κ2) is 6.92. The van der Waals surface area contributed by atoms with Crippen molar-refractivity contribution >= 4 is 11.6 Å². The van der Waals surface area contributed by atoms with Crippen molar-refractivity contribution in [1.29, 1.82) is 5.26 Å². The minimum absolute atomic E-state index is 0.122. The first-order valence-corrected chi connectivity index (χ1v) is 7.19. The van der Waals surface area contributed by atoms with Gasteiger partial charge in [0.25, 0.3) is 5.91 Å². The molecule has 2 atom stereocenters. The number of nitrogens with zero attached hydrogens (tertiary/aromatic N) is 1. The lowest BCUT2D eigenvalue weighted by Crippen LogP contribution is -3.12. The molecule has 0 saturated heterocycles. The third-order valence-electron chi connectivity index (χ3n) is 3.69. The number of amides is 1. The Morgan fingerprint density at radius 2 is 2.09 bits per heavy atom. The molecule has 114 valence electrons. The number of nitriles is 1. The zero-order chi connectivity index (χ0) is 16.1. The number of carbonyl (C=O) groups is 1. The van der Waals surface area contributed by atoms with Gasteiger partial charge < -0.3 is 14.6 Å². The fourth-order valence-electron chi connectivity index (χ4n) is 2.16. The molecule has 1 aromatic carbocycles. The molecule has 0 fully saturated rings. The van der Waals surface area contributed by atoms with Crippen molar-refractivity contribution < 1.29 is 14.1 Å². The molecule has 0 spiro atoms. The molecule has 0 aliphatic rings. The number of hydrogen-bond donors (Lipinski definition) is 2. The van der Waals surface area contributed by atoms with E-state index in [9.17, 15) is 4.79 Å². The minimum Gasteiger partial charge on any atom is -0.460 e. The number of furan rings is 1. The maximum absolute atomic E-state index is 12.3. The van der Waals surface area contributed by atoms with Crippen LogP contribution in [-0.2, 0) is 11.3 Å². The number of hydrogen-bond acceptors (Lipinski definition) is 3. The normalized spacial score (nSPS) is 13.2. The molecule has 1 unspecified atom stereocenters. The van der Waals surface area contributed by atoms with Crippen molar-refractivity contribution in [3.8, 4) is 6.07 Å². The highest BCUT2D eigenvalue weighted by molar-refractivity contribution is 5.94. The highest BCUT2D eigenvalue weighted by atomic mass is 16.3. The molecule has 1 amide bonds. The predicted octanol–water partition coefficient (Wildman–Crippen LogP) is 1.50. The Labute approximate surface area is 130 Å². The predicted molar refractivity (Wildman–Crippen MR) is 83.3 cm³/mol. The Hall–Kier alpha value is -2.58. The third-order valence-corrected chi connectivity index (χ3v) is 3.69. The topological polar surface area (TPSA) is 70.5 Å². The molecular weight excluding hydrogens is 278 g/mol. The van der Waals surface area contributed by atoms with Crippen molar-refractivity contribution in [3.05, 3.63) is 53.5 Å². The van der Waals surface area contributed by atoms with Crippen LogP contribution in [0.3, 0.4) is 0 Å². The van der Waals surface area contributed by atoms with Crippen LogP contribution in [0.1, 0.15) is 24.0 Å². The molecule has 5 heteroatoms. The number of rotatable bonds is 5. The Balaban J connectivity index is 2.01. The van der Waals surface area contributed by atoms with Gasteiger partial charge in [0.05, 0.1) is 18.3 Å². The van der Waals surface area contributed by atoms with Gasteiger partial charge in [-0.25, -0.2) is 0 Å². The van der Waals surface area contributed by atoms with Gasteiger partial charge in [0.15, 0.2) is 11.8 Å². The summed E-state index contributed by atoms with van der Waals surface area (Å²) in [4.78, 5) is 13.4. The van der Waals surface area contributed by atoms with Gasteiger partial charge in [-0.1, -0.05) is 12.1 Å². The summed E-state index contributed by atoms with van der Waals surface area (Å²) in [5.41, 5.74) is 1.01. The highest BCUT2D eigenvalue weighted by Gasteiger charge is 2.23. The maximum atomic E-state index is 12.3. The first-order chi connectivity index (χ1) is 10.5. The van der Waals surface area contributed by atoms with Gasteiger partial charge >= 0.3 is 0 Å². The first kappa shape index (κ1) is 15.8. The van der Waals surface area contributed by atoms with Gasteiger partial charge in [-0.3, -0.25) is 4.79 Å². The van der Waals surface area contributed by atoms with E-state index in [0.29, 0.717) is 17.8 Å². The van der Waals surface area contributed by atoms with Gasteiger partial charge in [0.1, 0.15) is 18.4 Å². The average Bonchev–Trinajstić information content (AvgIpc) is 2.92. The van der Waals surface area contributed by atoms with E-state index < -0.39 is 0 Å². The molecule has 2 rings (SSSR count). The molecule has 1 aromatic heterocycles. The lowest BCUT2D eigenvalue weighted by molar-refractivity contribution is -0.908. The summed E-state index contributed by atoms with van der Waals surface area (Å²) < 4.78 is 5.54. The standard InChI is InChI=1S/C17H19N3O2/c1-12-8-9-15(22-12)11-20(3)13(2)17(21)19-16-7-5-4-6-14(16)10-18/h4-9,13H,11H2,1-3H3,(H,19,21)/p+1/t13-/m0/s1. The summed E-state index contributed by atoms with van der Waals surface area (Å²) in [6, 6.07) is 12.6. The number of likely N-dealkylation sites (N-methyl/N-ethyl adjacent to an activating group) is 1. The molecule has 0 bridgehead atoms. The summed E-state index contributed by atoms with van der Waals surface area (Å²) in [7, 11) is 1.94. The number of aryl methyl sites for hydroxylation is 1. The quantitative estimate of drug-likeness (QED) is 0.879. The van der Waals surface area contributed by atoms with E-state index in [2.05, 4.69) is 11.4 Å². The Morgan fingerprint density at radius 3 is 2.73 bits per heavy atom. The maximum Gasteiger partial charge on any atom is 0.282 e. The van der Waals surface area contributed by atoms with Crippen molar-refractivity contribution in [3.63, 3.8) is 0 Å². The SMILES string of the molecule is Cc1ccc(C[NH+](C)[C@@H](C)C(=O)Nc2ccccc2C#N)o1. The smallest absolute Gasteiger partial charge is 0.282 e. The van der Waals surface area contributed by atoms with E-state index in [1.807, 2.05) is 33.0 Å². The fourth-order valence-corrected chi connectivity index (χ4v) is 2.16. The molecule has 2 N–H and O–H groups in total. The molecule has 1 heterocycles. The fraction of sp³-hybridized carbons (Fsp3) is 0.294. The molecule has 0 aliphatic heterocycles.